The average molecular weight is 338 g/mol. The maximum atomic E-state index is 12.7. The highest BCUT2D eigenvalue weighted by atomic mass is 35.5. The van der Waals surface area contributed by atoms with Gasteiger partial charge in [0.1, 0.15) is 6.23 Å². The predicted molar refractivity (Wildman–Crippen MR) is 85.9 cm³/mol. The van der Waals surface area contributed by atoms with E-state index < -0.39 is 16.3 Å². The minimum atomic E-state index is -3.51. The quantitative estimate of drug-likeness (QED) is 0.860. The van der Waals surface area contributed by atoms with E-state index in [1.54, 1.807) is 24.3 Å². The third-order valence-corrected chi connectivity index (χ3v) is 5.72. The van der Waals surface area contributed by atoms with E-state index in [0.717, 1.165) is 5.56 Å². The van der Waals surface area contributed by atoms with Gasteiger partial charge in [-0.2, -0.15) is 4.31 Å². The lowest BCUT2D eigenvalue weighted by Crippen LogP contribution is -2.32. The summed E-state index contributed by atoms with van der Waals surface area (Å²) in [5.74, 6) is -0.126. The summed E-state index contributed by atoms with van der Waals surface area (Å²) >= 11 is 6.08. The van der Waals surface area contributed by atoms with Crippen LogP contribution in [0.2, 0.25) is 5.02 Å². The van der Waals surface area contributed by atoms with Gasteiger partial charge in [0.05, 0.1) is 12.4 Å². The summed E-state index contributed by atoms with van der Waals surface area (Å²) < 4.78 is 32.5. The Kier molecular flexibility index (Phi) is 4.49. The van der Waals surface area contributed by atoms with Gasteiger partial charge in [0, 0.05) is 11.6 Å². The lowest BCUT2D eigenvalue weighted by molar-refractivity contribution is 0.0682. The van der Waals surface area contributed by atoms with E-state index in [9.17, 15) is 8.42 Å². The number of halogens is 1. The van der Waals surface area contributed by atoms with Crippen LogP contribution in [0.5, 0.6) is 0 Å². The molecule has 1 unspecified atom stereocenters. The van der Waals surface area contributed by atoms with Crippen molar-refractivity contribution >= 4 is 21.6 Å². The maximum Gasteiger partial charge on any atom is 0.220 e. The molecule has 22 heavy (non-hydrogen) atoms. The van der Waals surface area contributed by atoms with Gasteiger partial charge < -0.3 is 4.74 Å². The number of sulfonamides is 1. The fourth-order valence-electron chi connectivity index (χ4n) is 2.51. The second kappa shape index (κ2) is 6.38. The first kappa shape index (κ1) is 15.5. The normalized spacial score (nSPS) is 19.4. The molecule has 116 valence electrons. The fourth-order valence-corrected chi connectivity index (χ4v) is 4.43. The number of nitrogens with zero attached hydrogens (tertiary/aromatic N) is 1. The number of hydrogen-bond donors (Lipinski definition) is 0. The molecule has 2 aromatic rings. The Bertz CT molecular complexity index is 749. The van der Waals surface area contributed by atoms with Crippen LogP contribution < -0.4 is 0 Å². The van der Waals surface area contributed by atoms with Gasteiger partial charge in [-0.3, -0.25) is 0 Å². The largest absolute Gasteiger partial charge is 0.356 e. The van der Waals surface area contributed by atoms with E-state index in [-0.39, 0.29) is 5.75 Å². The molecule has 0 spiro atoms. The zero-order valence-electron chi connectivity index (χ0n) is 11.9. The van der Waals surface area contributed by atoms with Gasteiger partial charge in [-0.15, -0.1) is 0 Å². The summed E-state index contributed by atoms with van der Waals surface area (Å²) in [6, 6.07) is 16.4. The molecule has 0 radical (unpaired) electrons. The van der Waals surface area contributed by atoms with Crippen molar-refractivity contribution in [2.75, 3.05) is 13.2 Å². The van der Waals surface area contributed by atoms with Crippen LogP contribution in [-0.2, 0) is 20.5 Å². The van der Waals surface area contributed by atoms with Crippen molar-refractivity contribution < 1.29 is 13.2 Å². The standard InChI is InChI=1S/C16H16ClNO3S/c17-15-9-5-4-8-14(15)12-22(19,20)18-10-11-21-16(18)13-6-2-1-3-7-13/h1-9,16H,10-12H2. The minimum absolute atomic E-state index is 0.126. The molecule has 2 aromatic carbocycles. The Morgan fingerprint density at radius 3 is 2.50 bits per heavy atom. The van der Waals surface area contributed by atoms with Gasteiger partial charge in [0.15, 0.2) is 0 Å². The van der Waals surface area contributed by atoms with Gasteiger partial charge in [-0.1, -0.05) is 60.1 Å². The van der Waals surface area contributed by atoms with Crippen LogP contribution in [0.4, 0.5) is 0 Å². The van der Waals surface area contributed by atoms with Gasteiger partial charge in [-0.25, -0.2) is 8.42 Å². The lowest BCUT2D eigenvalue weighted by atomic mass is 10.2. The fraction of sp³-hybridized carbons (Fsp3) is 0.250. The minimum Gasteiger partial charge on any atom is -0.356 e. The van der Waals surface area contributed by atoms with Crippen LogP contribution in [0.1, 0.15) is 17.4 Å². The van der Waals surface area contributed by atoms with Crippen molar-refractivity contribution in [3.05, 3.63) is 70.7 Å². The monoisotopic (exact) mass is 337 g/mol. The SMILES string of the molecule is O=S(=O)(Cc1ccccc1Cl)N1CCOC1c1ccccc1. The van der Waals surface area contributed by atoms with Crippen LogP contribution in [0.3, 0.4) is 0 Å². The van der Waals surface area contributed by atoms with Crippen LogP contribution in [-0.4, -0.2) is 25.9 Å². The molecule has 1 atom stereocenters. The summed E-state index contributed by atoms with van der Waals surface area (Å²) in [7, 11) is -3.51. The Hall–Kier alpha value is -1.40. The van der Waals surface area contributed by atoms with Crippen LogP contribution in [0.25, 0.3) is 0 Å². The summed E-state index contributed by atoms with van der Waals surface area (Å²) in [4.78, 5) is 0. The number of ether oxygens (including phenoxy) is 1. The smallest absolute Gasteiger partial charge is 0.220 e. The van der Waals surface area contributed by atoms with E-state index >= 15 is 0 Å². The van der Waals surface area contributed by atoms with E-state index in [1.807, 2.05) is 30.3 Å². The molecule has 0 bridgehead atoms. The predicted octanol–water partition coefficient (Wildman–Crippen LogP) is 3.20. The highest BCUT2D eigenvalue weighted by Crippen LogP contribution is 2.31. The molecule has 4 nitrogen and oxygen atoms in total. The second-order valence-electron chi connectivity index (χ2n) is 5.09. The van der Waals surface area contributed by atoms with E-state index in [4.69, 9.17) is 16.3 Å². The molecule has 1 aliphatic heterocycles. The zero-order chi connectivity index (χ0) is 15.6. The highest BCUT2D eigenvalue weighted by molar-refractivity contribution is 7.88. The van der Waals surface area contributed by atoms with Crippen LogP contribution >= 0.6 is 11.6 Å². The molecule has 1 aliphatic rings. The van der Waals surface area contributed by atoms with Crippen LogP contribution in [0, 0.1) is 0 Å². The van der Waals surface area contributed by atoms with Crippen LogP contribution in [0.15, 0.2) is 54.6 Å². The maximum absolute atomic E-state index is 12.7. The van der Waals surface area contributed by atoms with Gasteiger partial charge >= 0.3 is 0 Å². The Balaban J connectivity index is 1.87. The molecule has 0 aromatic heterocycles. The molecular formula is C16H16ClNO3S. The molecule has 1 fully saturated rings. The van der Waals surface area contributed by atoms with Crippen molar-refractivity contribution in [1.82, 2.24) is 4.31 Å². The third kappa shape index (κ3) is 3.17. The van der Waals surface area contributed by atoms with Crippen molar-refractivity contribution in [1.29, 1.82) is 0 Å². The number of rotatable bonds is 4. The molecule has 0 aliphatic carbocycles. The van der Waals surface area contributed by atoms with Crippen molar-refractivity contribution in [2.45, 2.75) is 12.0 Å². The first-order chi connectivity index (χ1) is 10.6. The summed E-state index contributed by atoms with van der Waals surface area (Å²) in [6.45, 7) is 0.744. The van der Waals surface area contributed by atoms with Gasteiger partial charge in [0.25, 0.3) is 0 Å². The van der Waals surface area contributed by atoms with E-state index in [0.29, 0.717) is 23.7 Å². The third-order valence-electron chi connectivity index (χ3n) is 3.59. The Morgan fingerprint density at radius 2 is 1.77 bits per heavy atom. The molecule has 0 saturated carbocycles. The molecule has 0 amide bonds. The number of hydrogen-bond acceptors (Lipinski definition) is 3. The molecule has 0 N–H and O–H groups in total. The van der Waals surface area contributed by atoms with Crippen molar-refractivity contribution in [2.24, 2.45) is 0 Å². The molecule has 6 heteroatoms. The summed E-state index contributed by atoms with van der Waals surface area (Å²) in [6.07, 6.45) is -0.561. The Labute approximate surface area is 135 Å². The zero-order valence-corrected chi connectivity index (χ0v) is 13.4. The lowest BCUT2D eigenvalue weighted by Gasteiger charge is -2.23. The average Bonchev–Trinajstić information content (AvgIpc) is 3.01. The van der Waals surface area contributed by atoms with Crippen molar-refractivity contribution in [3.8, 4) is 0 Å². The first-order valence-electron chi connectivity index (χ1n) is 6.97. The van der Waals surface area contributed by atoms with E-state index in [2.05, 4.69) is 0 Å². The first-order valence-corrected chi connectivity index (χ1v) is 8.96. The van der Waals surface area contributed by atoms with Gasteiger partial charge in [-0.05, 0) is 17.2 Å². The molecular weight excluding hydrogens is 322 g/mol. The molecule has 1 heterocycles. The van der Waals surface area contributed by atoms with E-state index in [1.165, 1.54) is 4.31 Å². The Morgan fingerprint density at radius 1 is 1.09 bits per heavy atom. The molecule has 3 rings (SSSR count). The molecule has 1 saturated heterocycles. The second-order valence-corrected chi connectivity index (χ2v) is 7.42. The number of benzene rings is 2. The van der Waals surface area contributed by atoms with Crippen molar-refractivity contribution in [3.63, 3.8) is 0 Å². The van der Waals surface area contributed by atoms with Gasteiger partial charge in [0.2, 0.25) is 10.0 Å². The summed E-state index contributed by atoms with van der Waals surface area (Å²) in [5, 5.41) is 0.461. The highest BCUT2D eigenvalue weighted by Gasteiger charge is 2.36. The topological polar surface area (TPSA) is 46.6 Å². The summed E-state index contributed by atoms with van der Waals surface area (Å²) in [5.41, 5.74) is 1.44.